The predicted octanol–water partition coefficient (Wildman–Crippen LogP) is 2.91. The monoisotopic (exact) mass is 372 g/mol. The van der Waals surface area contributed by atoms with Gasteiger partial charge < -0.3 is 0 Å². The zero-order chi connectivity index (χ0) is 14.9. The normalized spacial score (nSPS) is 11.8. The molecular weight excluding hydrogens is 367 g/mol. The minimum Gasteiger partial charge on any atom is -0.288 e. The second kappa shape index (κ2) is 6.03. The molecule has 20 heavy (non-hydrogen) atoms. The molecule has 10 heteroatoms. The highest BCUT2D eigenvalue weighted by atomic mass is 35.5. The molecule has 0 fully saturated rings. The molecule has 0 unspecified atom stereocenters. The van der Waals surface area contributed by atoms with Gasteiger partial charge in [0.05, 0.1) is 20.2 Å². The molecular formula is C10H7Cl3N2O3S2. The molecule has 0 aliphatic rings. The van der Waals surface area contributed by atoms with Crippen LogP contribution in [0.3, 0.4) is 0 Å². The number of sulfone groups is 1. The number of hydrogen-bond acceptors (Lipinski definition) is 5. The molecule has 0 bridgehead atoms. The van der Waals surface area contributed by atoms with Crippen LogP contribution in [-0.2, 0) is 21.3 Å². The SMILES string of the molecule is O=c1cc(Cl)[nH]nc1CS(=O)(=O)Cc1cc(Cl)sc1Cl. The summed E-state index contributed by atoms with van der Waals surface area (Å²) < 4.78 is 24.8. The van der Waals surface area contributed by atoms with Gasteiger partial charge in [-0.25, -0.2) is 8.42 Å². The van der Waals surface area contributed by atoms with Crippen LogP contribution in [0.1, 0.15) is 11.3 Å². The van der Waals surface area contributed by atoms with Crippen molar-refractivity contribution in [3.8, 4) is 0 Å². The summed E-state index contributed by atoms with van der Waals surface area (Å²) in [5.41, 5.74) is -0.245. The van der Waals surface area contributed by atoms with Gasteiger partial charge in [-0.1, -0.05) is 34.8 Å². The van der Waals surface area contributed by atoms with Crippen LogP contribution in [0, 0.1) is 0 Å². The molecule has 2 rings (SSSR count). The summed E-state index contributed by atoms with van der Waals surface area (Å²) in [5, 5.41) is 6.02. The van der Waals surface area contributed by atoms with E-state index in [1.54, 1.807) is 0 Å². The third kappa shape index (κ3) is 3.95. The lowest BCUT2D eigenvalue weighted by atomic mass is 10.4. The fourth-order valence-corrected chi connectivity index (χ4v) is 4.70. The molecule has 108 valence electrons. The Morgan fingerprint density at radius 1 is 1.20 bits per heavy atom. The summed E-state index contributed by atoms with van der Waals surface area (Å²) in [6, 6.07) is 2.57. The smallest absolute Gasteiger partial charge is 0.205 e. The maximum absolute atomic E-state index is 12.0. The number of nitrogens with zero attached hydrogens (tertiary/aromatic N) is 1. The Kier molecular flexibility index (Phi) is 4.76. The number of aromatic nitrogens is 2. The van der Waals surface area contributed by atoms with Crippen molar-refractivity contribution in [2.24, 2.45) is 0 Å². The van der Waals surface area contributed by atoms with E-state index < -0.39 is 21.0 Å². The molecule has 5 nitrogen and oxygen atoms in total. The number of aromatic amines is 1. The second-order valence-corrected chi connectivity index (χ2v) is 8.67. The summed E-state index contributed by atoms with van der Waals surface area (Å²) in [6.45, 7) is 0. The third-order valence-electron chi connectivity index (χ3n) is 2.30. The second-order valence-electron chi connectivity index (χ2n) is 3.91. The largest absolute Gasteiger partial charge is 0.288 e. The molecule has 0 aliphatic heterocycles. The van der Waals surface area contributed by atoms with Gasteiger partial charge in [-0.2, -0.15) is 5.10 Å². The maximum atomic E-state index is 12.0. The first-order valence-electron chi connectivity index (χ1n) is 5.15. The lowest BCUT2D eigenvalue weighted by Gasteiger charge is -2.02. The van der Waals surface area contributed by atoms with E-state index in [9.17, 15) is 13.2 Å². The number of nitrogens with one attached hydrogen (secondary N) is 1. The average Bonchev–Trinajstić information content (AvgIpc) is 2.60. The lowest BCUT2D eigenvalue weighted by Crippen LogP contribution is -2.17. The Morgan fingerprint density at radius 2 is 1.90 bits per heavy atom. The van der Waals surface area contributed by atoms with Crippen molar-refractivity contribution in [1.29, 1.82) is 0 Å². The molecule has 0 radical (unpaired) electrons. The first-order valence-corrected chi connectivity index (χ1v) is 8.92. The van der Waals surface area contributed by atoms with Crippen LogP contribution >= 0.6 is 46.1 Å². The van der Waals surface area contributed by atoms with Crippen LogP contribution in [0.15, 0.2) is 16.9 Å². The first kappa shape index (κ1) is 15.8. The highest BCUT2D eigenvalue weighted by Gasteiger charge is 2.19. The van der Waals surface area contributed by atoms with Gasteiger partial charge >= 0.3 is 0 Å². The van der Waals surface area contributed by atoms with Crippen LogP contribution in [-0.4, -0.2) is 18.6 Å². The highest BCUT2D eigenvalue weighted by molar-refractivity contribution is 7.89. The molecule has 0 atom stereocenters. The third-order valence-corrected chi connectivity index (χ3v) is 5.53. The maximum Gasteiger partial charge on any atom is 0.205 e. The van der Waals surface area contributed by atoms with Crippen LogP contribution < -0.4 is 5.43 Å². The molecule has 0 spiro atoms. The van der Waals surface area contributed by atoms with Gasteiger partial charge in [-0.3, -0.25) is 9.89 Å². The summed E-state index contributed by atoms with van der Waals surface area (Å²) >= 11 is 18.3. The zero-order valence-electron chi connectivity index (χ0n) is 9.69. The zero-order valence-corrected chi connectivity index (χ0v) is 13.6. The molecule has 0 aromatic carbocycles. The van der Waals surface area contributed by atoms with Crippen LogP contribution in [0.4, 0.5) is 0 Å². The molecule has 0 saturated carbocycles. The van der Waals surface area contributed by atoms with Gasteiger partial charge in [0.25, 0.3) is 0 Å². The summed E-state index contributed by atoms with van der Waals surface area (Å²) in [5.74, 6) is -0.803. The Balaban J connectivity index is 2.23. The average molecular weight is 374 g/mol. The van der Waals surface area contributed by atoms with Crippen molar-refractivity contribution >= 4 is 56.0 Å². The molecule has 2 aromatic heterocycles. The minimum absolute atomic E-state index is 0.0452. The topological polar surface area (TPSA) is 79.9 Å². The van der Waals surface area contributed by atoms with Crippen LogP contribution in [0.25, 0.3) is 0 Å². The van der Waals surface area contributed by atoms with E-state index in [0.717, 1.165) is 17.4 Å². The van der Waals surface area contributed by atoms with Gasteiger partial charge in [0.15, 0.2) is 9.84 Å². The van der Waals surface area contributed by atoms with Gasteiger partial charge in [0.2, 0.25) is 5.43 Å². The Morgan fingerprint density at radius 3 is 2.45 bits per heavy atom. The molecule has 2 aromatic rings. The van der Waals surface area contributed by atoms with E-state index >= 15 is 0 Å². The number of hydrogen-bond donors (Lipinski definition) is 1. The van der Waals surface area contributed by atoms with Gasteiger partial charge in [0, 0.05) is 6.07 Å². The summed E-state index contributed by atoms with van der Waals surface area (Å²) in [7, 11) is -3.59. The standard InChI is InChI=1S/C10H7Cl3N2O3S2/c11-8-2-7(16)6(14-15-8)4-20(17,18)3-5-1-9(12)19-10(5)13/h1-2H,3-4H2,(H,15,16). The van der Waals surface area contributed by atoms with E-state index in [0.29, 0.717) is 14.2 Å². The number of thiophene rings is 1. The van der Waals surface area contributed by atoms with Crippen molar-refractivity contribution in [2.75, 3.05) is 0 Å². The fourth-order valence-electron chi connectivity index (χ4n) is 1.48. The van der Waals surface area contributed by atoms with Gasteiger partial charge in [-0.05, 0) is 11.6 Å². The van der Waals surface area contributed by atoms with Crippen molar-refractivity contribution in [3.05, 3.63) is 47.4 Å². The summed E-state index contributed by atoms with van der Waals surface area (Å²) in [4.78, 5) is 11.6. The van der Waals surface area contributed by atoms with E-state index in [4.69, 9.17) is 34.8 Å². The van der Waals surface area contributed by atoms with E-state index in [1.807, 2.05) is 0 Å². The van der Waals surface area contributed by atoms with Crippen molar-refractivity contribution in [1.82, 2.24) is 10.2 Å². The lowest BCUT2D eigenvalue weighted by molar-refractivity contribution is 0.593. The number of rotatable bonds is 4. The number of H-pyrrole nitrogens is 1. The Bertz CT molecular complexity index is 798. The quantitative estimate of drug-likeness (QED) is 0.893. The minimum atomic E-state index is -3.59. The van der Waals surface area contributed by atoms with Crippen LogP contribution in [0.2, 0.25) is 13.8 Å². The van der Waals surface area contributed by atoms with Crippen LogP contribution in [0.5, 0.6) is 0 Å². The summed E-state index contributed by atoms with van der Waals surface area (Å²) in [6.07, 6.45) is 0. The van der Waals surface area contributed by atoms with Crippen molar-refractivity contribution in [2.45, 2.75) is 11.5 Å². The molecule has 0 aliphatic carbocycles. The Hall–Kier alpha value is -0.600. The van der Waals surface area contributed by atoms with Crippen molar-refractivity contribution in [3.63, 3.8) is 0 Å². The predicted molar refractivity (Wildman–Crippen MR) is 80.5 cm³/mol. The van der Waals surface area contributed by atoms with Gasteiger partial charge in [-0.15, -0.1) is 11.3 Å². The Labute approximate surface area is 133 Å². The fraction of sp³-hybridized carbons (Fsp3) is 0.200. The highest BCUT2D eigenvalue weighted by Crippen LogP contribution is 2.32. The molecule has 2 heterocycles. The molecule has 0 amide bonds. The van der Waals surface area contributed by atoms with E-state index in [2.05, 4.69) is 10.2 Å². The van der Waals surface area contributed by atoms with E-state index in [-0.39, 0.29) is 16.6 Å². The molecule has 0 saturated heterocycles. The van der Waals surface area contributed by atoms with Gasteiger partial charge in [0.1, 0.15) is 10.8 Å². The van der Waals surface area contributed by atoms with E-state index in [1.165, 1.54) is 6.07 Å². The molecule has 1 N–H and O–H groups in total. The van der Waals surface area contributed by atoms with Crippen molar-refractivity contribution < 1.29 is 8.42 Å². The number of halogens is 3. The first-order chi connectivity index (χ1) is 9.27.